The largest absolute Gasteiger partial charge is 0.307 e. The summed E-state index contributed by atoms with van der Waals surface area (Å²) in [4.78, 5) is 0. The zero-order valence-corrected chi connectivity index (χ0v) is 8.10. The molecule has 0 aliphatic carbocycles. The first-order valence-electron chi connectivity index (χ1n) is 4.01. The van der Waals surface area contributed by atoms with Gasteiger partial charge < -0.3 is 5.43 Å². The van der Waals surface area contributed by atoms with Crippen LogP contribution < -0.4 is 5.43 Å². The van der Waals surface area contributed by atoms with E-state index in [1.807, 2.05) is 13.8 Å². The van der Waals surface area contributed by atoms with Crippen LogP contribution in [0.2, 0.25) is 0 Å². The molecular weight excluding hydrogens is 136 g/mol. The van der Waals surface area contributed by atoms with Gasteiger partial charge in [0.15, 0.2) is 0 Å². The SMILES string of the molecule is CC=C(C)C(C)=NNC(C)C. The van der Waals surface area contributed by atoms with E-state index in [1.54, 1.807) is 0 Å². The van der Waals surface area contributed by atoms with Gasteiger partial charge in [-0.25, -0.2) is 0 Å². The summed E-state index contributed by atoms with van der Waals surface area (Å²) in [6.45, 7) is 10.2. The third-order valence-electron chi connectivity index (χ3n) is 1.49. The van der Waals surface area contributed by atoms with E-state index in [0.29, 0.717) is 6.04 Å². The Kier molecular flexibility index (Phi) is 4.59. The van der Waals surface area contributed by atoms with E-state index < -0.39 is 0 Å². The van der Waals surface area contributed by atoms with E-state index in [-0.39, 0.29) is 0 Å². The highest BCUT2D eigenvalue weighted by atomic mass is 15.3. The monoisotopic (exact) mass is 154 g/mol. The third kappa shape index (κ3) is 4.59. The summed E-state index contributed by atoms with van der Waals surface area (Å²) in [5, 5.41) is 4.19. The second-order valence-corrected chi connectivity index (χ2v) is 2.95. The summed E-state index contributed by atoms with van der Waals surface area (Å²) in [5.74, 6) is 0. The van der Waals surface area contributed by atoms with Crippen LogP contribution in [-0.4, -0.2) is 11.8 Å². The molecule has 11 heavy (non-hydrogen) atoms. The predicted octanol–water partition coefficient (Wildman–Crippen LogP) is 2.33. The van der Waals surface area contributed by atoms with Crippen LogP contribution in [0, 0.1) is 0 Å². The Morgan fingerprint density at radius 3 is 2.27 bits per heavy atom. The van der Waals surface area contributed by atoms with Crippen LogP contribution in [0.3, 0.4) is 0 Å². The quantitative estimate of drug-likeness (QED) is 0.489. The molecule has 2 heteroatoms. The van der Waals surface area contributed by atoms with Crippen molar-refractivity contribution in [3.63, 3.8) is 0 Å². The molecule has 0 heterocycles. The summed E-state index contributed by atoms with van der Waals surface area (Å²) < 4.78 is 0. The first-order chi connectivity index (χ1) is 5.07. The van der Waals surface area contributed by atoms with Gasteiger partial charge in [0, 0.05) is 6.04 Å². The molecule has 0 spiro atoms. The molecule has 0 aliphatic heterocycles. The molecule has 64 valence electrons. The molecule has 0 saturated carbocycles. The third-order valence-corrected chi connectivity index (χ3v) is 1.49. The van der Waals surface area contributed by atoms with Gasteiger partial charge in [-0.1, -0.05) is 6.08 Å². The van der Waals surface area contributed by atoms with Crippen molar-refractivity contribution in [1.29, 1.82) is 0 Å². The number of nitrogens with one attached hydrogen (secondary N) is 1. The Bertz CT molecular complexity index is 166. The summed E-state index contributed by atoms with van der Waals surface area (Å²) in [5.41, 5.74) is 5.28. The van der Waals surface area contributed by atoms with Crippen molar-refractivity contribution in [3.8, 4) is 0 Å². The van der Waals surface area contributed by atoms with Crippen LogP contribution in [-0.2, 0) is 0 Å². The van der Waals surface area contributed by atoms with E-state index >= 15 is 0 Å². The van der Waals surface area contributed by atoms with Gasteiger partial charge in [0.25, 0.3) is 0 Å². The summed E-state index contributed by atoms with van der Waals surface area (Å²) in [6.07, 6.45) is 2.06. The maximum Gasteiger partial charge on any atom is 0.0598 e. The number of allylic oxidation sites excluding steroid dienone is 2. The van der Waals surface area contributed by atoms with Crippen molar-refractivity contribution >= 4 is 5.71 Å². The standard InChI is InChI=1S/C9H18N2/c1-6-8(4)9(5)11-10-7(2)3/h6-7,10H,1-5H3. The van der Waals surface area contributed by atoms with Gasteiger partial charge in [0.2, 0.25) is 0 Å². The van der Waals surface area contributed by atoms with Gasteiger partial charge >= 0.3 is 0 Å². The lowest BCUT2D eigenvalue weighted by atomic mass is 10.2. The Hall–Kier alpha value is -0.790. The zero-order chi connectivity index (χ0) is 8.85. The van der Waals surface area contributed by atoms with Gasteiger partial charge in [-0.2, -0.15) is 5.10 Å². The topological polar surface area (TPSA) is 24.4 Å². The molecule has 1 N–H and O–H groups in total. The fourth-order valence-electron chi connectivity index (χ4n) is 0.523. The minimum Gasteiger partial charge on any atom is -0.307 e. The molecule has 0 bridgehead atoms. The molecule has 0 saturated heterocycles. The summed E-state index contributed by atoms with van der Waals surface area (Å²) in [6, 6.07) is 0.412. The fraction of sp³-hybridized carbons (Fsp3) is 0.667. The molecule has 0 aromatic rings. The minimum atomic E-state index is 0.412. The lowest BCUT2D eigenvalue weighted by molar-refractivity contribution is 0.620. The fourth-order valence-corrected chi connectivity index (χ4v) is 0.523. The van der Waals surface area contributed by atoms with Crippen molar-refractivity contribution in [2.24, 2.45) is 5.10 Å². The van der Waals surface area contributed by atoms with Crippen LogP contribution in [0.4, 0.5) is 0 Å². The van der Waals surface area contributed by atoms with Crippen molar-refractivity contribution in [3.05, 3.63) is 11.6 Å². The van der Waals surface area contributed by atoms with Gasteiger partial charge in [-0.15, -0.1) is 0 Å². The minimum absolute atomic E-state index is 0.412. The number of hydrogen-bond donors (Lipinski definition) is 1. The lowest BCUT2D eigenvalue weighted by Crippen LogP contribution is -2.17. The molecule has 0 aromatic carbocycles. The summed E-state index contributed by atoms with van der Waals surface area (Å²) in [7, 11) is 0. The maximum absolute atomic E-state index is 4.19. The Balaban J connectivity index is 4.01. The molecule has 0 aromatic heterocycles. The smallest absolute Gasteiger partial charge is 0.0598 e. The van der Waals surface area contributed by atoms with Gasteiger partial charge in [-0.3, -0.25) is 0 Å². The number of rotatable bonds is 3. The van der Waals surface area contributed by atoms with Crippen LogP contribution >= 0.6 is 0 Å². The molecule has 0 radical (unpaired) electrons. The zero-order valence-electron chi connectivity index (χ0n) is 8.10. The molecule has 0 fully saturated rings. The average molecular weight is 154 g/mol. The highest BCUT2D eigenvalue weighted by Crippen LogP contribution is 1.94. The van der Waals surface area contributed by atoms with Crippen LogP contribution in [0.1, 0.15) is 34.6 Å². The Morgan fingerprint density at radius 2 is 1.91 bits per heavy atom. The molecule has 0 unspecified atom stereocenters. The molecule has 2 nitrogen and oxygen atoms in total. The number of hydrazone groups is 1. The first-order valence-corrected chi connectivity index (χ1v) is 4.01. The molecule has 0 aliphatic rings. The molecular formula is C9H18N2. The van der Waals surface area contributed by atoms with E-state index in [2.05, 4.69) is 37.4 Å². The lowest BCUT2D eigenvalue weighted by Gasteiger charge is -2.05. The van der Waals surface area contributed by atoms with Crippen molar-refractivity contribution in [1.82, 2.24) is 5.43 Å². The van der Waals surface area contributed by atoms with Gasteiger partial charge in [0.1, 0.15) is 0 Å². The van der Waals surface area contributed by atoms with Gasteiger partial charge in [0.05, 0.1) is 5.71 Å². The average Bonchev–Trinajstić information content (AvgIpc) is 1.98. The van der Waals surface area contributed by atoms with Crippen molar-refractivity contribution in [2.75, 3.05) is 0 Å². The van der Waals surface area contributed by atoms with Crippen molar-refractivity contribution in [2.45, 2.75) is 40.7 Å². The van der Waals surface area contributed by atoms with Crippen LogP contribution in [0.25, 0.3) is 0 Å². The van der Waals surface area contributed by atoms with E-state index in [4.69, 9.17) is 0 Å². The van der Waals surface area contributed by atoms with Crippen LogP contribution in [0.5, 0.6) is 0 Å². The van der Waals surface area contributed by atoms with E-state index in [9.17, 15) is 0 Å². The summed E-state index contributed by atoms with van der Waals surface area (Å²) >= 11 is 0. The highest BCUT2D eigenvalue weighted by Gasteiger charge is 1.92. The highest BCUT2D eigenvalue weighted by molar-refractivity contribution is 5.97. The van der Waals surface area contributed by atoms with Crippen LogP contribution in [0.15, 0.2) is 16.8 Å². The second kappa shape index (κ2) is 4.94. The Morgan fingerprint density at radius 1 is 1.36 bits per heavy atom. The van der Waals surface area contributed by atoms with E-state index in [1.165, 1.54) is 5.57 Å². The van der Waals surface area contributed by atoms with Gasteiger partial charge in [-0.05, 0) is 40.2 Å². The molecule has 0 atom stereocenters. The molecule has 0 rings (SSSR count). The Labute approximate surface area is 69.4 Å². The number of hydrogen-bond acceptors (Lipinski definition) is 2. The predicted molar refractivity (Wildman–Crippen MR) is 50.8 cm³/mol. The molecule has 0 amide bonds. The second-order valence-electron chi connectivity index (χ2n) is 2.95. The van der Waals surface area contributed by atoms with Crippen molar-refractivity contribution < 1.29 is 0 Å². The maximum atomic E-state index is 4.19. The normalized spacial score (nSPS) is 14.0. The first kappa shape index (κ1) is 10.2. The van der Waals surface area contributed by atoms with E-state index in [0.717, 1.165) is 5.71 Å². The number of nitrogens with zero attached hydrogens (tertiary/aromatic N) is 1.